The fourth-order valence-corrected chi connectivity index (χ4v) is 2.18. The summed E-state index contributed by atoms with van der Waals surface area (Å²) in [6.45, 7) is 2.61. The van der Waals surface area contributed by atoms with Gasteiger partial charge in [-0.05, 0) is 12.5 Å². The Morgan fingerprint density at radius 1 is 1.33 bits per heavy atom. The van der Waals surface area contributed by atoms with Crippen LogP contribution in [0.5, 0.6) is 0 Å². The van der Waals surface area contributed by atoms with E-state index in [0.29, 0.717) is 6.54 Å². The van der Waals surface area contributed by atoms with Crippen LogP contribution >= 0.6 is 0 Å². The van der Waals surface area contributed by atoms with Crippen molar-refractivity contribution in [2.24, 2.45) is 5.73 Å². The second kappa shape index (κ2) is 8.83. The van der Waals surface area contributed by atoms with Crippen LogP contribution in [0.15, 0.2) is 49.1 Å². The van der Waals surface area contributed by atoms with Crippen molar-refractivity contribution in [3.05, 3.63) is 54.6 Å². The minimum absolute atomic E-state index is 0.127. The summed E-state index contributed by atoms with van der Waals surface area (Å²) in [5.41, 5.74) is 6.66. The van der Waals surface area contributed by atoms with Gasteiger partial charge < -0.3 is 20.4 Å². The number of ether oxygens (including phenoxy) is 1. The van der Waals surface area contributed by atoms with Crippen molar-refractivity contribution in [3.63, 3.8) is 0 Å². The summed E-state index contributed by atoms with van der Waals surface area (Å²) in [6, 6.07) is 8.27. The highest BCUT2D eigenvalue weighted by atomic mass is 16.5. The Balaban J connectivity index is 1.71. The molecule has 0 saturated heterocycles. The zero-order chi connectivity index (χ0) is 17.4. The largest absolute Gasteiger partial charge is 0.461 e. The predicted molar refractivity (Wildman–Crippen MR) is 88.7 cm³/mol. The first-order chi connectivity index (χ1) is 11.5. The standard InChI is InChI=1S/C17H22N4O3/c1-13(10-21-8-7-19-12-21)20-17(23)15(18)9-16(22)24-11-14-5-3-2-4-6-14/h2-8,12-13,15H,9-11,18H2,1H3,(H,20,23)/t13?,15-/m0/s1. The average Bonchev–Trinajstić information content (AvgIpc) is 3.06. The molecule has 128 valence electrons. The zero-order valence-corrected chi connectivity index (χ0v) is 13.6. The van der Waals surface area contributed by atoms with Crippen LogP contribution in [-0.4, -0.2) is 33.5 Å². The lowest BCUT2D eigenvalue weighted by molar-refractivity contribution is -0.146. The molecule has 0 spiro atoms. The average molecular weight is 330 g/mol. The fraction of sp³-hybridized carbons (Fsp3) is 0.353. The van der Waals surface area contributed by atoms with Gasteiger partial charge in [-0.25, -0.2) is 4.98 Å². The number of rotatable bonds is 8. The third kappa shape index (κ3) is 5.85. The third-order valence-corrected chi connectivity index (χ3v) is 3.40. The summed E-state index contributed by atoms with van der Waals surface area (Å²) < 4.78 is 6.98. The molecule has 2 atom stereocenters. The topological polar surface area (TPSA) is 99.2 Å². The zero-order valence-electron chi connectivity index (χ0n) is 13.6. The molecule has 1 unspecified atom stereocenters. The van der Waals surface area contributed by atoms with Crippen LogP contribution in [0, 0.1) is 0 Å². The highest BCUT2D eigenvalue weighted by molar-refractivity contribution is 5.86. The van der Waals surface area contributed by atoms with Gasteiger partial charge in [-0.2, -0.15) is 0 Å². The van der Waals surface area contributed by atoms with E-state index in [1.54, 1.807) is 12.5 Å². The number of amides is 1. The van der Waals surface area contributed by atoms with Crippen LogP contribution in [-0.2, 0) is 27.5 Å². The highest BCUT2D eigenvalue weighted by Gasteiger charge is 2.20. The number of nitrogens with two attached hydrogens (primary N) is 1. The lowest BCUT2D eigenvalue weighted by Crippen LogP contribution is -2.46. The van der Waals surface area contributed by atoms with Gasteiger partial charge >= 0.3 is 5.97 Å². The summed E-state index contributed by atoms with van der Waals surface area (Å²) in [7, 11) is 0. The Hall–Kier alpha value is -2.67. The first-order valence-corrected chi connectivity index (χ1v) is 7.76. The number of esters is 1. The summed E-state index contributed by atoms with van der Waals surface area (Å²) in [5.74, 6) is -0.872. The maximum atomic E-state index is 12.0. The smallest absolute Gasteiger partial charge is 0.308 e. The van der Waals surface area contributed by atoms with E-state index in [0.717, 1.165) is 5.56 Å². The van der Waals surface area contributed by atoms with Crippen LogP contribution in [0.3, 0.4) is 0 Å². The van der Waals surface area contributed by atoms with E-state index in [1.165, 1.54) is 0 Å². The maximum Gasteiger partial charge on any atom is 0.308 e. The molecule has 1 aromatic carbocycles. The van der Waals surface area contributed by atoms with E-state index in [4.69, 9.17) is 10.5 Å². The van der Waals surface area contributed by atoms with E-state index < -0.39 is 12.0 Å². The van der Waals surface area contributed by atoms with Gasteiger partial charge in [0.15, 0.2) is 0 Å². The molecule has 0 bridgehead atoms. The number of nitrogens with one attached hydrogen (secondary N) is 1. The van der Waals surface area contributed by atoms with Gasteiger partial charge in [-0.3, -0.25) is 9.59 Å². The molecule has 1 heterocycles. The number of nitrogens with zero attached hydrogens (tertiary/aromatic N) is 2. The second-order valence-corrected chi connectivity index (χ2v) is 5.63. The van der Waals surface area contributed by atoms with Crippen molar-refractivity contribution in [1.82, 2.24) is 14.9 Å². The van der Waals surface area contributed by atoms with E-state index in [2.05, 4.69) is 10.3 Å². The Morgan fingerprint density at radius 2 is 2.08 bits per heavy atom. The van der Waals surface area contributed by atoms with Crippen LogP contribution in [0.25, 0.3) is 0 Å². The van der Waals surface area contributed by atoms with Crippen LogP contribution in [0.4, 0.5) is 0 Å². The quantitative estimate of drug-likeness (QED) is 0.699. The van der Waals surface area contributed by atoms with Crippen LogP contribution in [0.2, 0.25) is 0 Å². The first kappa shape index (κ1) is 17.7. The van der Waals surface area contributed by atoms with Gasteiger partial charge in [0.1, 0.15) is 6.61 Å². The van der Waals surface area contributed by atoms with E-state index in [-0.39, 0.29) is 25.0 Å². The Bertz CT molecular complexity index is 643. The van der Waals surface area contributed by atoms with Crippen molar-refractivity contribution >= 4 is 11.9 Å². The van der Waals surface area contributed by atoms with Crippen molar-refractivity contribution in [1.29, 1.82) is 0 Å². The number of benzene rings is 1. The van der Waals surface area contributed by atoms with Crippen molar-refractivity contribution in [3.8, 4) is 0 Å². The molecule has 0 fully saturated rings. The lowest BCUT2D eigenvalue weighted by Gasteiger charge is -2.17. The molecule has 0 saturated carbocycles. The van der Waals surface area contributed by atoms with E-state index in [9.17, 15) is 9.59 Å². The summed E-state index contributed by atoms with van der Waals surface area (Å²) in [6.07, 6.45) is 4.99. The Kier molecular flexibility index (Phi) is 6.51. The van der Waals surface area contributed by atoms with Gasteiger partial charge in [-0.1, -0.05) is 30.3 Å². The highest BCUT2D eigenvalue weighted by Crippen LogP contribution is 2.03. The SMILES string of the molecule is CC(Cn1ccnc1)NC(=O)[C@@H](N)CC(=O)OCc1ccccc1. The Morgan fingerprint density at radius 3 is 2.75 bits per heavy atom. The minimum Gasteiger partial charge on any atom is -0.461 e. The normalized spacial score (nSPS) is 13.1. The summed E-state index contributed by atoms with van der Waals surface area (Å²) >= 11 is 0. The molecule has 2 rings (SSSR count). The molecule has 0 radical (unpaired) electrons. The van der Waals surface area contributed by atoms with E-state index in [1.807, 2.05) is 48.0 Å². The molecule has 3 N–H and O–H groups in total. The summed E-state index contributed by atoms with van der Waals surface area (Å²) in [4.78, 5) is 27.7. The third-order valence-electron chi connectivity index (χ3n) is 3.40. The van der Waals surface area contributed by atoms with Gasteiger partial charge in [-0.15, -0.1) is 0 Å². The van der Waals surface area contributed by atoms with Crippen molar-refractivity contribution in [2.75, 3.05) is 0 Å². The number of hydrogen-bond donors (Lipinski definition) is 2. The molecule has 2 aromatic rings. The molecule has 0 aliphatic rings. The number of aromatic nitrogens is 2. The van der Waals surface area contributed by atoms with Crippen LogP contribution < -0.4 is 11.1 Å². The molecule has 0 aliphatic heterocycles. The van der Waals surface area contributed by atoms with Gasteiger partial charge in [0.25, 0.3) is 0 Å². The predicted octanol–water partition coefficient (Wildman–Crippen LogP) is 0.849. The first-order valence-electron chi connectivity index (χ1n) is 7.76. The van der Waals surface area contributed by atoms with Crippen LogP contribution in [0.1, 0.15) is 18.9 Å². The molecule has 24 heavy (non-hydrogen) atoms. The maximum absolute atomic E-state index is 12.0. The summed E-state index contributed by atoms with van der Waals surface area (Å²) in [5, 5.41) is 2.78. The van der Waals surface area contributed by atoms with Gasteiger partial charge in [0.05, 0.1) is 18.8 Å². The van der Waals surface area contributed by atoms with E-state index >= 15 is 0 Å². The number of carbonyl (C=O) groups is 2. The molecular formula is C17H22N4O3. The monoisotopic (exact) mass is 330 g/mol. The molecule has 7 nitrogen and oxygen atoms in total. The second-order valence-electron chi connectivity index (χ2n) is 5.63. The van der Waals surface area contributed by atoms with Gasteiger partial charge in [0, 0.05) is 25.0 Å². The molecule has 0 aliphatic carbocycles. The number of carbonyl (C=O) groups excluding carboxylic acids is 2. The minimum atomic E-state index is -0.932. The number of imidazole rings is 1. The Labute approximate surface area is 140 Å². The fourth-order valence-electron chi connectivity index (χ4n) is 2.18. The van der Waals surface area contributed by atoms with Crippen molar-refractivity contribution < 1.29 is 14.3 Å². The van der Waals surface area contributed by atoms with Gasteiger partial charge in [0.2, 0.25) is 5.91 Å². The molecular weight excluding hydrogens is 308 g/mol. The number of hydrogen-bond acceptors (Lipinski definition) is 5. The molecule has 7 heteroatoms. The molecule has 1 amide bonds. The van der Waals surface area contributed by atoms with Crippen molar-refractivity contribution in [2.45, 2.75) is 38.6 Å². The lowest BCUT2D eigenvalue weighted by atomic mass is 10.2. The molecule has 1 aromatic heterocycles.